The minimum absolute atomic E-state index is 0.127. The van der Waals surface area contributed by atoms with Crippen molar-refractivity contribution in [1.82, 2.24) is 15.6 Å². The standard InChI is InChI=1S/C23H22FN5O3/c24-13-5-6-18-16(11-13)20(23(31)28-18)22-21(15-3-1-2-4-17(15)27-22)29-32-12-19(30)26-14-7-9-25-10-8-14/h1-6,11,14,25,28,31H,7-10,12H2,(H,26,30)/b29-21+. The molecule has 3 aromatic rings. The molecular formula is C23H22FN5O3. The van der Waals surface area contributed by atoms with Crippen LogP contribution in [0.3, 0.4) is 0 Å². The molecule has 1 amide bonds. The first-order chi connectivity index (χ1) is 15.6. The molecule has 0 bridgehead atoms. The molecule has 1 fully saturated rings. The van der Waals surface area contributed by atoms with Crippen LogP contribution in [0.15, 0.2) is 52.6 Å². The van der Waals surface area contributed by atoms with E-state index in [9.17, 15) is 14.3 Å². The summed E-state index contributed by atoms with van der Waals surface area (Å²) in [5, 5.41) is 21.4. The van der Waals surface area contributed by atoms with Gasteiger partial charge in [-0.05, 0) is 50.2 Å². The van der Waals surface area contributed by atoms with Gasteiger partial charge in [0.05, 0.1) is 11.3 Å². The zero-order valence-corrected chi connectivity index (χ0v) is 17.2. The number of aliphatic imine (C=N–C) groups is 1. The number of aromatic hydroxyl groups is 1. The summed E-state index contributed by atoms with van der Waals surface area (Å²) in [5.41, 5.74) is 2.96. The first-order valence-corrected chi connectivity index (χ1v) is 10.5. The number of nitrogens with zero attached hydrogens (tertiary/aromatic N) is 2. The fourth-order valence-corrected chi connectivity index (χ4v) is 4.12. The maximum Gasteiger partial charge on any atom is 0.260 e. The van der Waals surface area contributed by atoms with Crippen LogP contribution >= 0.6 is 0 Å². The Kier molecular flexibility index (Phi) is 5.32. The molecule has 2 aliphatic rings. The van der Waals surface area contributed by atoms with Crippen LogP contribution in [0, 0.1) is 5.82 Å². The van der Waals surface area contributed by atoms with Crippen molar-refractivity contribution >= 4 is 33.9 Å². The average Bonchev–Trinajstić information content (AvgIpc) is 3.30. The fraction of sp³-hybridized carbons (Fsp3) is 0.261. The van der Waals surface area contributed by atoms with Gasteiger partial charge in [0.25, 0.3) is 5.91 Å². The molecule has 0 radical (unpaired) electrons. The Balaban J connectivity index is 1.42. The van der Waals surface area contributed by atoms with Crippen LogP contribution in [0.2, 0.25) is 0 Å². The number of carbonyl (C=O) groups is 1. The lowest BCUT2D eigenvalue weighted by Crippen LogP contribution is -2.43. The predicted molar refractivity (Wildman–Crippen MR) is 119 cm³/mol. The van der Waals surface area contributed by atoms with Crippen LogP contribution < -0.4 is 10.6 Å². The summed E-state index contributed by atoms with van der Waals surface area (Å²) in [6, 6.07) is 11.6. The van der Waals surface area contributed by atoms with E-state index in [0.29, 0.717) is 39.1 Å². The minimum atomic E-state index is -0.432. The summed E-state index contributed by atoms with van der Waals surface area (Å²) in [7, 11) is 0. The van der Waals surface area contributed by atoms with Crippen molar-refractivity contribution in [2.24, 2.45) is 10.1 Å². The van der Waals surface area contributed by atoms with E-state index in [1.54, 1.807) is 6.07 Å². The van der Waals surface area contributed by atoms with Gasteiger partial charge in [-0.3, -0.25) is 4.79 Å². The second kappa shape index (κ2) is 8.43. The third kappa shape index (κ3) is 3.82. The van der Waals surface area contributed by atoms with Crippen molar-refractivity contribution in [3.05, 3.63) is 59.4 Å². The Morgan fingerprint density at radius 3 is 2.91 bits per heavy atom. The van der Waals surface area contributed by atoms with Crippen molar-refractivity contribution < 1.29 is 19.1 Å². The number of nitrogens with one attached hydrogen (secondary N) is 3. The number of carbonyl (C=O) groups excluding carboxylic acids is 1. The van der Waals surface area contributed by atoms with Crippen LogP contribution in [0.4, 0.5) is 10.1 Å². The maximum absolute atomic E-state index is 13.9. The number of hydrogen-bond acceptors (Lipinski definition) is 6. The van der Waals surface area contributed by atoms with E-state index in [0.717, 1.165) is 25.9 Å². The number of amides is 1. The Hall–Kier alpha value is -3.72. The molecule has 5 rings (SSSR count). The second-order valence-electron chi connectivity index (χ2n) is 7.82. The number of halogens is 1. The molecule has 3 heterocycles. The van der Waals surface area contributed by atoms with E-state index in [1.807, 2.05) is 24.3 Å². The largest absolute Gasteiger partial charge is 0.494 e. The van der Waals surface area contributed by atoms with E-state index in [4.69, 9.17) is 4.84 Å². The monoisotopic (exact) mass is 435 g/mol. The molecule has 0 unspecified atom stereocenters. The Morgan fingerprint density at radius 1 is 1.25 bits per heavy atom. The molecule has 8 nitrogen and oxygen atoms in total. The summed E-state index contributed by atoms with van der Waals surface area (Å²) in [6.45, 7) is 1.51. The Bertz CT molecular complexity index is 1240. The highest BCUT2D eigenvalue weighted by molar-refractivity contribution is 6.58. The van der Waals surface area contributed by atoms with Gasteiger partial charge in [0.2, 0.25) is 0 Å². The third-order valence-corrected chi connectivity index (χ3v) is 5.65. The Labute approximate surface area is 183 Å². The molecule has 9 heteroatoms. The SMILES string of the molecule is O=C(CO/N=C1/C(c2c(O)[nH]c3ccc(F)cc23)=Nc2ccccc21)NC1CCNCC1. The van der Waals surface area contributed by atoms with Crippen LogP contribution in [0.1, 0.15) is 24.0 Å². The molecule has 1 aromatic heterocycles. The van der Waals surface area contributed by atoms with Gasteiger partial charge < -0.3 is 25.6 Å². The van der Waals surface area contributed by atoms with Crippen LogP contribution in [0.25, 0.3) is 10.9 Å². The fourth-order valence-electron chi connectivity index (χ4n) is 4.12. The maximum atomic E-state index is 13.9. The van der Waals surface area contributed by atoms with Gasteiger partial charge in [-0.2, -0.15) is 0 Å². The van der Waals surface area contributed by atoms with Crippen molar-refractivity contribution in [2.45, 2.75) is 18.9 Å². The molecule has 0 spiro atoms. The van der Waals surface area contributed by atoms with Gasteiger partial charge in [-0.15, -0.1) is 0 Å². The molecular weight excluding hydrogens is 413 g/mol. The van der Waals surface area contributed by atoms with E-state index < -0.39 is 5.82 Å². The van der Waals surface area contributed by atoms with Gasteiger partial charge in [0.1, 0.15) is 17.2 Å². The molecule has 1 saturated heterocycles. The van der Waals surface area contributed by atoms with E-state index in [1.165, 1.54) is 12.1 Å². The second-order valence-corrected chi connectivity index (χ2v) is 7.82. The molecule has 2 aliphatic heterocycles. The van der Waals surface area contributed by atoms with Crippen molar-refractivity contribution in [3.63, 3.8) is 0 Å². The van der Waals surface area contributed by atoms with Crippen molar-refractivity contribution in [2.75, 3.05) is 19.7 Å². The molecule has 4 N–H and O–H groups in total. The lowest BCUT2D eigenvalue weighted by molar-refractivity contribution is -0.126. The molecule has 0 aliphatic carbocycles. The van der Waals surface area contributed by atoms with E-state index in [2.05, 4.69) is 25.8 Å². The molecule has 2 aromatic carbocycles. The molecule has 164 valence electrons. The van der Waals surface area contributed by atoms with E-state index >= 15 is 0 Å². The number of benzene rings is 2. The number of H-pyrrole nitrogens is 1. The van der Waals surface area contributed by atoms with Gasteiger partial charge in [-0.1, -0.05) is 23.4 Å². The first-order valence-electron chi connectivity index (χ1n) is 10.5. The number of piperidine rings is 1. The van der Waals surface area contributed by atoms with Crippen LogP contribution in [-0.2, 0) is 9.63 Å². The lowest BCUT2D eigenvalue weighted by Gasteiger charge is -2.23. The number of para-hydroxylation sites is 1. The molecule has 32 heavy (non-hydrogen) atoms. The number of rotatable bonds is 5. The number of hydrogen-bond donors (Lipinski definition) is 4. The summed E-state index contributed by atoms with van der Waals surface area (Å²) in [5.74, 6) is -0.824. The summed E-state index contributed by atoms with van der Waals surface area (Å²) in [4.78, 5) is 25.1. The number of oxime groups is 1. The average molecular weight is 435 g/mol. The summed E-state index contributed by atoms with van der Waals surface area (Å²) < 4.78 is 13.9. The van der Waals surface area contributed by atoms with Crippen molar-refractivity contribution in [1.29, 1.82) is 0 Å². The van der Waals surface area contributed by atoms with Crippen molar-refractivity contribution in [3.8, 4) is 5.88 Å². The minimum Gasteiger partial charge on any atom is -0.494 e. The highest BCUT2D eigenvalue weighted by Crippen LogP contribution is 2.35. The third-order valence-electron chi connectivity index (χ3n) is 5.65. The Morgan fingerprint density at radius 2 is 2.06 bits per heavy atom. The highest BCUT2D eigenvalue weighted by atomic mass is 19.1. The number of aromatic amines is 1. The number of fused-ring (bicyclic) bond motifs is 2. The quantitative estimate of drug-likeness (QED) is 0.462. The zero-order valence-electron chi connectivity index (χ0n) is 17.2. The van der Waals surface area contributed by atoms with Gasteiger partial charge in [0, 0.05) is 22.5 Å². The smallest absolute Gasteiger partial charge is 0.260 e. The lowest BCUT2D eigenvalue weighted by atomic mass is 10.0. The zero-order chi connectivity index (χ0) is 22.1. The number of aromatic nitrogens is 1. The van der Waals surface area contributed by atoms with Gasteiger partial charge in [0.15, 0.2) is 12.5 Å². The van der Waals surface area contributed by atoms with Gasteiger partial charge in [-0.25, -0.2) is 9.38 Å². The van der Waals surface area contributed by atoms with Gasteiger partial charge >= 0.3 is 0 Å². The molecule has 0 saturated carbocycles. The molecule has 0 atom stereocenters. The van der Waals surface area contributed by atoms with E-state index in [-0.39, 0.29) is 24.4 Å². The van der Waals surface area contributed by atoms with Crippen LogP contribution in [-0.4, -0.2) is 53.2 Å². The topological polar surface area (TPSA) is 111 Å². The van der Waals surface area contributed by atoms with Crippen LogP contribution in [0.5, 0.6) is 5.88 Å². The summed E-state index contributed by atoms with van der Waals surface area (Å²) >= 11 is 0. The predicted octanol–water partition coefficient (Wildman–Crippen LogP) is 2.74. The first kappa shape index (κ1) is 20.2. The highest BCUT2D eigenvalue weighted by Gasteiger charge is 2.29. The normalized spacial score (nSPS) is 17.4. The summed E-state index contributed by atoms with van der Waals surface area (Å²) in [6.07, 6.45) is 1.75.